The molecule has 1 N–H and O–H groups in total. The Morgan fingerprint density at radius 3 is 2.33 bits per heavy atom. The van der Waals surface area contributed by atoms with E-state index in [1.807, 2.05) is 26.0 Å². The standard InChI is InChI=1S/C17H28N2O2/c1-6-16(18-7-2)14-8-10-15(11-9-14)21-12-17(20)19(5)13(3)4/h8-11,13,16,18H,6-7,12H2,1-5H3. The highest BCUT2D eigenvalue weighted by Gasteiger charge is 2.12. The second-order valence-electron chi connectivity index (χ2n) is 5.47. The number of nitrogens with zero attached hydrogens (tertiary/aromatic N) is 1. The lowest BCUT2D eigenvalue weighted by Crippen LogP contribution is -2.36. The summed E-state index contributed by atoms with van der Waals surface area (Å²) in [4.78, 5) is 13.5. The van der Waals surface area contributed by atoms with Crippen molar-refractivity contribution in [1.29, 1.82) is 0 Å². The predicted octanol–water partition coefficient (Wildman–Crippen LogP) is 2.99. The lowest BCUT2D eigenvalue weighted by atomic mass is 10.0. The monoisotopic (exact) mass is 292 g/mol. The first-order valence-electron chi connectivity index (χ1n) is 7.71. The number of nitrogens with one attached hydrogen (secondary N) is 1. The Hall–Kier alpha value is -1.55. The Morgan fingerprint density at radius 2 is 1.86 bits per heavy atom. The summed E-state index contributed by atoms with van der Waals surface area (Å²) in [6.45, 7) is 9.27. The van der Waals surface area contributed by atoms with Gasteiger partial charge in [0.2, 0.25) is 0 Å². The number of hydrogen-bond acceptors (Lipinski definition) is 3. The molecule has 0 saturated heterocycles. The maximum Gasteiger partial charge on any atom is 0.260 e. The maximum absolute atomic E-state index is 11.9. The van der Waals surface area contributed by atoms with Crippen molar-refractivity contribution >= 4 is 5.91 Å². The van der Waals surface area contributed by atoms with Gasteiger partial charge in [-0.3, -0.25) is 4.79 Å². The van der Waals surface area contributed by atoms with Crippen LogP contribution in [0.5, 0.6) is 5.75 Å². The summed E-state index contributed by atoms with van der Waals surface area (Å²) in [5.74, 6) is 0.726. The normalized spacial score (nSPS) is 12.3. The zero-order valence-electron chi connectivity index (χ0n) is 13.8. The number of benzene rings is 1. The predicted molar refractivity (Wildman–Crippen MR) is 86.6 cm³/mol. The largest absolute Gasteiger partial charge is 0.484 e. The van der Waals surface area contributed by atoms with Gasteiger partial charge in [0.25, 0.3) is 5.91 Å². The third-order valence-electron chi connectivity index (χ3n) is 3.67. The Kier molecular flexibility index (Phi) is 7.23. The molecule has 0 aliphatic rings. The molecule has 0 fully saturated rings. The van der Waals surface area contributed by atoms with Gasteiger partial charge in [0, 0.05) is 19.1 Å². The van der Waals surface area contributed by atoms with E-state index in [1.54, 1.807) is 11.9 Å². The molecule has 0 aromatic heterocycles. The van der Waals surface area contributed by atoms with Crippen LogP contribution in [-0.4, -0.2) is 37.0 Å². The molecule has 4 heteroatoms. The first kappa shape index (κ1) is 17.5. The molecule has 0 aliphatic heterocycles. The topological polar surface area (TPSA) is 41.6 Å². The van der Waals surface area contributed by atoms with Crippen molar-refractivity contribution < 1.29 is 9.53 Å². The smallest absolute Gasteiger partial charge is 0.260 e. The van der Waals surface area contributed by atoms with E-state index in [1.165, 1.54) is 5.56 Å². The summed E-state index contributed by atoms with van der Waals surface area (Å²) >= 11 is 0. The van der Waals surface area contributed by atoms with Gasteiger partial charge in [-0.05, 0) is 44.5 Å². The van der Waals surface area contributed by atoms with Crippen molar-refractivity contribution in [3.05, 3.63) is 29.8 Å². The van der Waals surface area contributed by atoms with E-state index in [9.17, 15) is 4.79 Å². The van der Waals surface area contributed by atoms with Crippen LogP contribution in [0, 0.1) is 0 Å². The van der Waals surface area contributed by atoms with Gasteiger partial charge in [0.1, 0.15) is 5.75 Å². The fourth-order valence-corrected chi connectivity index (χ4v) is 2.08. The Balaban J connectivity index is 2.57. The summed E-state index contributed by atoms with van der Waals surface area (Å²) in [6.07, 6.45) is 1.05. The number of amides is 1. The molecule has 1 aromatic rings. The van der Waals surface area contributed by atoms with Crippen molar-refractivity contribution in [2.24, 2.45) is 0 Å². The van der Waals surface area contributed by atoms with Gasteiger partial charge in [0.05, 0.1) is 0 Å². The van der Waals surface area contributed by atoms with Gasteiger partial charge in [-0.15, -0.1) is 0 Å². The van der Waals surface area contributed by atoms with E-state index in [-0.39, 0.29) is 18.6 Å². The summed E-state index contributed by atoms with van der Waals surface area (Å²) < 4.78 is 5.56. The molecule has 21 heavy (non-hydrogen) atoms. The molecule has 1 aromatic carbocycles. The fraction of sp³-hybridized carbons (Fsp3) is 0.588. The average Bonchev–Trinajstić information content (AvgIpc) is 2.50. The molecule has 0 radical (unpaired) electrons. The van der Waals surface area contributed by atoms with E-state index in [0.717, 1.165) is 18.7 Å². The molecule has 118 valence electrons. The van der Waals surface area contributed by atoms with Crippen molar-refractivity contribution in [1.82, 2.24) is 10.2 Å². The van der Waals surface area contributed by atoms with Crippen molar-refractivity contribution in [2.75, 3.05) is 20.2 Å². The number of carbonyl (C=O) groups is 1. The summed E-state index contributed by atoms with van der Waals surface area (Å²) in [5.41, 5.74) is 1.25. The second-order valence-corrected chi connectivity index (χ2v) is 5.47. The number of ether oxygens (including phenoxy) is 1. The molecule has 1 amide bonds. The number of hydrogen-bond donors (Lipinski definition) is 1. The molecule has 0 spiro atoms. The number of carbonyl (C=O) groups excluding carboxylic acids is 1. The zero-order chi connectivity index (χ0) is 15.8. The van der Waals surface area contributed by atoms with Crippen LogP contribution in [0.3, 0.4) is 0 Å². The molecule has 0 saturated carbocycles. The molecule has 1 atom stereocenters. The second kappa shape index (κ2) is 8.67. The van der Waals surface area contributed by atoms with Gasteiger partial charge >= 0.3 is 0 Å². The summed E-state index contributed by atoms with van der Waals surface area (Å²) in [6, 6.07) is 8.54. The lowest BCUT2D eigenvalue weighted by molar-refractivity contribution is -0.133. The third kappa shape index (κ3) is 5.38. The van der Waals surface area contributed by atoms with Crippen LogP contribution < -0.4 is 10.1 Å². The fourth-order valence-electron chi connectivity index (χ4n) is 2.08. The molecule has 4 nitrogen and oxygen atoms in total. The molecular formula is C17H28N2O2. The van der Waals surface area contributed by atoms with Gasteiger partial charge in [-0.2, -0.15) is 0 Å². The van der Waals surface area contributed by atoms with Crippen LogP contribution in [-0.2, 0) is 4.79 Å². The first-order chi connectivity index (χ1) is 9.99. The Morgan fingerprint density at radius 1 is 1.24 bits per heavy atom. The van der Waals surface area contributed by atoms with Gasteiger partial charge in [0.15, 0.2) is 6.61 Å². The SMILES string of the molecule is CCNC(CC)c1ccc(OCC(=O)N(C)C(C)C)cc1. The zero-order valence-corrected chi connectivity index (χ0v) is 13.8. The van der Waals surface area contributed by atoms with E-state index < -0.39 is 0 Å². The first-order valence-corrected chi connectivity index (χ1v) is 7.71. The minimum atomic E-state index is -0.00633. The quantitative estimate of drug-likeness (QED) is 0.801. The van der Waals surface area contributed by atoms with Crippen LogP contribution in [0.15, 0.2) is 24.3 Å². The third-order valence-corrected chi connectivity index (χ3v) is 3.67. The van der Waals surface area contributed by atoms with E-state index >= 15 is 0 Å². The highest BCUT2D eigenvalue weighted by molar-refractivity contribution is 5.77. The van der Waals surface area contributed by atoms with Crippen LogP contribution in [0.2, 0.25) is 0 Å². The highest BCUT2D eigenvalue weighted by Crippen LogP contribution is 2.20. The molecule has 0 heterocycles. The summed E-state index contributed by atoms with van der Waals surface area (Å²) in [7, 11) is 1.79. The lowest BCUT2D eigenvalue weighted by Gasteiger charge is -2.21. The van der Waals surface area contributed by atoms with Gasteiger partial charge in [-0.25, -0.2) is 0 Å². The van der Waals surface area contributed by atoms with Crippen LogP contribution >= 0.6 is 0 Å². The Bertz CT molecular complexity index is 429. The van der Waals surface area contributed by atoms with Gasteiger partial charge < -0.3 is 15.0 Å². The van der Waals surface area contributed by atoms with E-state index in [4.69, 9.17) is 4.74 Å². The molecular weight excluding hydrogens is 264 g/mol. The molecule has 1 rings (SSSR count). The van der Waals surface area contributed by atoms with Crippen LogP contribution in [0.1, 0.15) is 45.7 Å². The van der Waals surface area contributed by atoms with Crippen molar-refractivity contribution in [3.63, 3.8) is 0 Å². The van der Waals surface area contributed by atoms with E-state index in [2.05, 4.69) is 31.3 Å². The summed E-state index contributed by atoms with van der Waals surface area (Å²) in [5, 5.41) is 3.44. The van der Waals surface area contributed by atoms with E-state index in [0.29, 0.717) is 6.04 Å². The van der Waals surface area contributed by atoms with Gasteiger partial charge in [-0.1, -0.05) is 26.0 Å². The average molecular weight is 292 g/mol. The minimum absolute atomic E-state index is 0.00633. The molecule has 1 unspecified atom stereocenters. The Labute approximate surface area is 128 Å². The van der Waals surface area contributed by atoms with Crippen molar-refractivity contribution in [3.8, 4) is 5.75 Å². The maximum atomic E-state index is 11.9. The van der Waals surface area contributed by atoms with Crippen molar-refractivity contribution in [2.45, 2.75) is 46.2 Å². The molecule has 0 aliphatic carbocycles. The molecule has 0 bridgehead atoms. The van der Waals surface area contributed by atoms with Crippen LogP contribution in [0.4, 0.5) is 0 Å². The minimum Gasteiger partial charge on any atom is -0.484 e. The highest BCUT2D eigenvalue weighted by atomic mass is 16.5. The number of likely N-dealkylation sites (N-methyl/N-ethyl adjacent to an activating group) is 1. The van der Waals surface area contributed by atoms with Crippen LogP contribution in [0.25, 0.3) is 0 Å². The number of rotatable bonds is 8.